The third-order valence-electron chi connectivity index (χ3n) is 6.15. The van der Waals surface area contributed by atoms with Gasteiger partial charge >= 0.3 is 0 Å². The lowest BCUT2D eigenvalue weighted by Gasteiger charge is -2.58. The Morgan fingerprint density at radius 1 is 1.21 bits per heavy atom. The van der Waals surface area contributed by atoms with Gasteiger partial charge in [-0.25, -0.2) is 0 Å². The summed E-state index contributed by atoms with van der Waals surface area (Å²) in [5.74, 6) is 0.872. The van der Waals surface area contributed by atoms with E-state index in [1.54, 1.807) is 6.07 Å². The number of fused-ring (bicyclic) bond motifs is 1. The van der Waals surface area contributed by atoms with Crippen molar-refractivity contribution in [1.29, 1.82) is 0 Å². The lowest BCUT2D eigenvalue weighted by molar-refractivity contribution is -0.0853. The molecule has 1 N–H and O–H groups in total. The van der Waals surface area contributed by atoms with Crippen molar-refractivity contribution in [3.63, 3.8) is 0 Å². The van der Waals surface area contributed by atoms with Crippen molar-refractivity contribution < 1.29 is 5.11 Å². The van der Waals surface area contributed by atoms with Crippen molar-refractivity contribution in [2.45, 2.75) is 26.3 Å². The lowest BCUT2D eigenvalue weighted by atomic mass is 9.58. The number of halogens is 2. The van der Waals surface area contributed by atoms with E-state index in [4.69, 9.17) is 11.6 Å². The maximum Gasteiger partial charge on any atom is 0.162 e. The Bertz CT molecular complexity index is 1010. The SMILES string of the molecule is Cc1cc(Cl)cc(O)c1-c1cc2ccn(CC3CC4(C3)CN(C)C4)c2nn1.Cl. The van der Waals surface area contributed by atoms with Crippen LogP contribution in [0.25, 0.3) is 22.3 Å². The molecule has 1 aliphatic heterocycles. The minimum absolute atomic E-state index is 0. The van der Waals surface area contributed by atoms with E-state index in [1.165, 1.54) is 25.9 Å². The fourth-order valence-corrected chi connectivity index (χ4v) is 5.51. The molecule has 1 spiro atoms. The Kier molecular flexibility index (Phi) is 4.81. The molecular formula is C21H24Cl2N4O. The van der Waals surface area contributed by atoms with E-state index in [-0.39, 0.29) is 18.2 Å². The molecule has 1 aromatic carbocycles. The zero-order valence-corrected chi connectivity index (χ0v) is 17.6. The first-order valence-corrected chi connectivity index (χ1v) is 9.81. The molecule has 7 heteroatoms. The largest absolute Gasteiger partial charge is 0.507 e. The molecule has 5 nitrogen and oxygen atoms in total. The molecule has 5 rings (SSSR count). The summed E-state index contributed by atoms with van der Waals surface area (Å²) in [4.78, 5) is 2.41. The van der Waals surface area contributed by atoms with Gasteiger partial charge in [0, 0.05) is 41.8 Å². The Morgan fingerprint density at radius 2 is 1.96 bits per heavy atom. The van der Waals surface area contributed by atoms with Crippen molar-refractivity contribution in [2.24, 2.45) is 11.3 Å². The van der Waals surface area contributed by atoms with E-state index < -0.39 is 0 Å². The molecule has 3 aromatic rings. The predicted molar refractivity (Wildman–Crippen MR) is 114 cm³/mol. The van der Waals surface area contributed by atoms with Crippen LogP contribution in [0, 0.1) is 18.3 Å². The van der Waals surface area contributed by atoms with Gasteiger partial charge in [0.05, 0.1) is 5.69 Å². The van der Waals surface area contributed by atoms with Gasteiger partial charge in [-0.3, -0.25) is 0 Å². The second-order valence-corrected chi connectivity index (χ2v) is 8.98. The first-order chi connectivity index (χ1) is 12.9. The number of hydrogen-bond donors (Lipinski definition) is 1. The third-order valence-corrected chi connectivity index (χ3v) is 6.37. The topological polar surface area (TPSA) is 54.2 Å². The summed E-state index contributed by atoms with van der Waals surface area (Å²) < 4.78 is 2.22. The van der Waals surface area contributed by atoms with Gasteiger partial charge in [0.15, 0.2) is 5.65 Å². The van der Waals surface area contributed by atoms with Gasteiger partial charge in [0.1, 0.15) is 5.75 Å². The zero-order valence-electron chi connectivity index (χ0n) is 16.0. The number of aryl methyl sites for hydroxylation is 1. The van der Waals surface area contributed by atoms with E-state index in [2.05, 4.69) is 39.0 Å². The highest BCUT2D eigenvalue weighted by Gasteiger charge is 2.50. The quantitative estimate of drug-likeness (QED) is 0.678. The fourth-order valence-electron chi connectivity index (χ4n) is 5.24. The molecule has 28 heavy (non-hydrogen) atoms. The highest BCUT2D eigenvalue weighted by molar-refractivity contribution is 6.31. The number of aromatic hydroxyl groups is 1. The zero-order chi connectivity index (χ0) is 18.8. The maximum absolute atomic E-state index is 10.3. The molecule has 0 radical (unpaired) electrons. The number of phenols is 1. The summed E-state index contributed by atoms with van der Waals surface area (Å²) in [6, 6.07) is 7.46. The number of phenolic OH excluding ortho intramolecular Hbond substituents is 1. The van der Waals surface area contributed by atoms with Gasteiger partial charge in [-0.1, -0.05) is 11.6 Å². The first kappa shape index (κ1) is 19.5. The fraction of sp³-hybridized carbons (Fsp3) is 0.429. The van der Waals surface area contributed by atoms with Crippen LogP contribution in [0.2, 0.25) is 5.02 Å². The van der Waals surface area contributed by atoms with Crippen molar-refractivity contribution in [1.82, 2.24) is 19.7 Å². The number of nitrogens with zero attached hydrogens (tertiary/aromatic N) is 4. The smallest absolute Gasteiger partial charge is 0.162 e. The van der Waals surface area contributed by atoms with E-state index >= 15 is 0 Å². The van der Waals surface area contributed by atoms with Crippen LogP contribution in [0.1, 0.15) is 18.4 Å². The van der Waals surface area contributed by atoms with Gasteiger partial charge in [-0.2, -0.15) is 0 Å². The molecule has 1 aliphatic carbocycles. The van der Waals surface area contributed by atoms with E-state index in [0.717, 1.165) is 29.1 Å². The van der Waals surface area contributed by atoms with Gasteiger partial charge < -0.3 is 14.6 Å². The standard InChI is InChI=1S/C21H23ClN4O.ClH/c1-13-5-16(22)7-18(27)19(13)17-6-15-3-4-26(20(15)24-23-17)10-14-8-21(9-14)11-25(2)12-21;/h3-7,14,27H,8-12H2,1-2H3;1H. The Labute approximate surface area is 175 Å². The van der Waals surface area contributed by atoms with E-state index in [0.29, 0.717) is 21.7 Å². The van der Waals surface area contributed by atoms with Crippen LogP contribution in [-0.4, -0.2) is 44.9 Å². The molecule has 3 heterocycles. The van der Waals surface area contributed by atoms with Crippen molar-refractivity contribution in [3.8, 4) is 17.0 Å². The normalized spacial score (nSPS) is 18.7. The monoisotopic (exact) mass is 418 g/mol. The average Bonchev–Trinajstić information content (AvgIpc) is 2.93. The molecule has 0 bridgehead atoms. The Morgan fingerprint density at radius 3 is 2.64 bits per heavy atom. The third kappa shape index (κ3) is 3.15. The average molecular weight is 419 g/mol. The number of hydrogen-bond acceptors (Lipinski definition) is 4. The predicted octanol–water partition coefficient (Wildman–Crippen LogP) is 4.53. The second-order valence-electron chi connectivity index (χ2n) is 8.54. The van der Waals surface area contributed by atoms with Crippen LogP contribution < -0.4 is 0 Å². The van der Waals surface area contributed by atoms with Crippen molar-refractivity contribution >= 4 is 35.0 Å². The minimum Gasteiger partial charge on any atom is -0.507 e. The van der Waals surface area contributed by atoms with Gasteiger partial charge in [0.2, 0.25) is 0 Å². The molecule has 0 unspecified atom stereocenters. The molecule has 1 saturated heterocycles. The van der Waals surface area contributed by atoms with Crippen molar-refractivity contribution in [2.75, 3.05) is 20.1 Å². The summed E-state index contributed by atoms with van der Waals surface area (Å²) in [5.41, 5.74) is 3.77. The highest BCUT2D eigenvalue weighted by atomic mass is 35.5. The lowest BCUT2D eigenvalue weighted by Crippen LogP contribution is -2.61. The summed E-state index contributed by atoms with van der Waals surface area (Å²) in [5, 5.41) is 20.7. The molecular weight excluding hydrogens is 395 g/mol. The molecule has 148 valence electrons. The highest BCUT2D eigenvalue weighted by Crippen LogP contribution is 2.52. The summed E-state index contributed by atoms with van der Waals surface area (Å²) in [6.07, 6.45) is 4.75. The van der Waals surface area contributed by atoms with Crippen molar-refractivity contribution in [3.05, 3.63) is 41.0 Å². The van der Waals surface area contributed by atoms with Gasteiger partial charge in [-0.05, 0) is 68.0 Å². The van der Waals surface area contributed by atoms with Crippen LogP contribution in [0.5, 0.6) is 5.75 Å². The number of aromatic nitrogens is 3. The molecule has 2 aliphatic rings. The van der Waals surface area contributed by atoms with Crippen LogP contribution in [0.15, 0.2) is 30.5 Å². The minimum atomic E-state index is 0. The number of benzene rings is 1. The Hall–Kier alpha value is -1.82. The second kappa shape index (κ2) is 6.90. The molecule has 0 atom stereocenters. The summed E-state index contributed by atoms with van der Waals surface area (Å²) in [7, 11) is 2.20. The van der Waals surface area contributed by atoms with Crippen LogP contribution in [0.4, 0.5) is 0 Å². The van der Waals surface area contributed by atoms with Crippen LogP contribution in [-0.2, 0) is 6.54 Å². The van der Waals surface area contributed by atoms with E-state index in [1.807, 2.05) is 19.1 Å². The van der Waals surface area contributed by atoms with E-state index in [9.17, 15) is 5.11 Å². The molecule has 0 amide bonds. The summed E-state index contributed by atoms with van der Waals surface area (Å²) >= 11 is 6.02. The Balaban J connectivity index is 0.00000192. The molecule has 2 fully saturated rings. The first-order valence-electron chi connectivity index (χ1n) is 9.43. The number of rotatable bonds is 3. The molecule has 1 saturated carbocycles. The van der Waals surface area contributed by atoms with Crippen LogP contribution >= 0.6 is 24.0 Å². The number of likely N-dealkylation sites (tertiary alicyclic amines) is 1. The van der Waals surface area contributed by atoms with Gasteiger partial charge in [0.25, 0.3) is 0 Å². The molecule has 2 aromatic heterocycles. The van der Waals surface area contributed by atoms with Gasteiger partial charge in [-0.15, -0.1) is 22.6 Å². The maximum atomic E-state index is 10.3. The van der Waals surface area contributed by atoms with Crippen LogP contribution in [0.3, 0.4) is 0 Å². The summed E-state index contributed by atoms with van der Waals surface area (Å²) in [6.45, 7) is 5.43.